The highest BCUT2D eigenvalue weighted by Gasteiger charge is 2.26. The normalized spacial score (nSPS) is 13.8. The van der Waals surface area contributed by atoms with E-state index in [0.717, 1.165) is 43.7 Å². The van der Waals surface area contributed by atoms with E-state index in [9.17, 15) is 31.6 Å². The SMILES string of the molecule is COc1cnc(Oc2c(Cl)cc(-n3nc(C(F)F)c(=O)[nH]c3=O)cc2Cl)cc1S(=O)(=O)NCC(=O)CC1CCC1. The van der Waals surface area contributed by atoms with Crippen LogP contribution in [0.3, 0.4) is 0 Å². The number of benzene rings is 1. The highest BCUT2D eigenvalue weighted by Crippen LogP contribution is 2.39. The Morgan fingerprint density at radius 2 is 1.90 bits per heavy atom. The Kier molecular flexibility index (Phi) is 8.87. The number of carbonyl (C=O) groups is 1. The molecule has 17 heteroatoms. The Hall–Kier alpha value is -3.40. The number of rotatable bonds is 11. The van der Waals surface area contributed by atoms with Crippen molar-refractivity contribution in [3.63, 3.8) is 0 Å². The van der Waals surface area contributed by atoms with Gasteiger partial charge < -0.3 is 9.47 Å². The van der Waals surface area contributed by atoms with Gasteiger partial charge in [-0.3, -0.25) is 14.6 Å². The number of aromatic nitrogens is 4. The van der Waals surface area contributed by atoms with Crippen LogP contribution >= 0.6 is 23.2 Å². The second-order valence-electron chi connectivity index (χ2n) is 8.74. The lowest BCUT2D eigenvalue weighted by atomic mass is 9.82. The summed E-state index contributed by atoms with van der Waals surface area (Å²) in [5.41, 5.74) is -3.84. The molecule has 12 nitrogen and oxygen atoms in total. The first-order chi connectivity index (χ1) is 18.9. The van der Waals surface area contributed by atoms with Crippen molar-refractivity contribution in [1.82, 2.24) is 24.5 Å². The van der Waals surface area contributed by atoms with Gasteiger partial charge in [0, 0.05) is 12.5 Å². The third-order valence-corrected chi connectivity index (χ3v) is 7.99. The Morgan fingerprint density at radius 1 is 1.23 bits per heavy atom. The number of sulfonamides is 1. The molecule has 1 saturated carbocycles. The minimum Gasteiger partial charge on any atom is -0.494 e. The van der Waals surface area contributed by atoms with E-state index in [1.165, 1.54) is 7.11 Å². The van der Waals surface area contributed by atoms with Gasteiger partial charge in [0.15, 0.2) is 17.2 Å². The topological polar surface area (TPSA) is 162 Å². The minimum atomic E-state index is -4.24. The van der Waals surface area contributed by atoms with Gasteiger partial charge in [0.25, 0.3) is 12.0 Å². The Balaban J connectivity index is 1.60. The van der Waals surface area contributed by atoms with Gasteiger partial charge in [-0.1, -0.05) is 42.5 Å². The molecule has 0 saturated heterocycles. The molecule has 1 aromatic carbocycles. The molecule has 0 unspecified atom stereocenters. The molecule has 40 heavy (non-hydrogen) atoms. The number of hydrogen-bond acceptors (Lipinski definition) is 9. The minimum absolute atomic E-state index is 0.128. The summed E-state index contributed by atoms with van der Waals surface area (Å²) < 4.78 is 65.5. The van der Waals surface area contributed by atoms with E-state index in [4.69, 9.17) is 32.7 Å². The smallest absolute Gasteiger partial charge is 0.349 e. The fraction of sp³-hybridized carbons (Fsp3) is 0.348. The first kappa shape index (κ1) is 29.6. The second-order valence-corrected chi connectivity index (χ2v) is 11.3. The van der Waals surface area contributed by atoms with Gasteiger partial charge in [-0.2, -0.15) is 9.78 Å². The number of ether oxygens (including phenoxy) is 2. The molecule has 3 aromatic rings. The summed E-state index contributed by atoms with van der Waals surface area (Å²) in [7, 11) is -3.01. The van der Waals surface area contributed by atoms with Crippen molar-refractivity contribution in [2.45, 2.75) is 37.0 Å². The van der Waals surface area contributed by atoms with E-state index in [1.54, 1.807) is 4.98 Å². The fourth-order valence-corrected chi connectivity index (χ4v) is 5.49. The highest BCUT2D eigenvalue weighted by atomic mass is 35.5. The average molecular weight is 620 g/mol. The molecule has 2 N–H and O–H groups in total. The van der Waals surface area contributed by atoms with Crippen LogP contribution < -0.4 is 25.4 Å². The number of hydrogen-bond donors (Lipinski definition) is 2. The Labute approximate surface area is 235 Å². The number of methoxy groups -OCH3 is 1. The predicted molar refractivity (Wildman–Crippen MR) is 138 cm³/mol. The molecule has 1 aliphatic carbocycles. The van der Waals surface area contributed by atoms with Gasteiger partial charge in [0.1, 0.15) is 10.7 Å². The van der Waals surface area contributed by atoms with Gasteiger partial charge >= 0.3 is 5.69 Å². The number of aromatic amines is 1. The second kappa shape index (κ2) is 12.0. The summed E-state index contributed by atoms with van der Waals surface area (Å²) in [5, 5.41) is 2.91. The lowest BCUT2D eigenvalue weighted by Crippen LogP contribution is -2.34. The summed E-state index contributed by atoms with van der Waals surface area (Å²) in [5.74, 6) is -0.593. The quantitative estimate of drug-likeness (QED) is 0.327. The molecule has 0 spiro atoms. The molecular weight excluding hydrogens is 599 g/mol. The van der Waals surface area contributed by atoms with Crippen molar-refractivity contribution in [1.29, 1.82) is 0 Å². The number of ketones is 1. The lowest BCUT2D eigenvalue weighted by molar-refractivity contribution is -0.119. The summed E-state index contributed by atoms with van der Waals surface area (Å²) in [6.07, 6.45) is 1.05. The predicted octanol–water partition coefficient (Wildman–Crippen LogP) is 3.40. The van der Waals surface area contributed by atoms with Gasteiger partial charge in [-0.05, 0) is 18.1 Å². The number of H-pyrrole nitrogens is 1. The van der Waals surface area contributed by atoms with Crippen LogP contribution in [0.1, 0.15) is 37.8 Å². The van der Waals surface area contributed by atoms with Crippen molar-refractivity contribution in [2.24, 2.45) is 5.92 Å². The number of alkyl halides is 2. The van der Waals surface area contributed by atoms with Gasteiger partial charge in [-0.25, -0.2) is 31.7 Å². The van der Waals surface area contributed by atoms with Gasteiger partial charge in [0.2, 0.25) is 15.9 Å². The van der Waals surface area contributed by atoms with Crippen molar-refractivity contribution in [3.05, 3.63) is 61.0 Å². The number of Topliss-reactive ketones (excluding diaryl/α,β-unsaturated/α-hetero) is 1. The number of nitrogens with zero attached hydrogens (tertiary/aromatic N) is 3. The van der Waals surface area contributed by atoms with Gasteiger partial charge in [-0.15, -0.1) is 0 Å². The highest BCUT2D eigenvalue weighted by molar-refractivity contribution is 7.89. The Bertz CT molecular complexity index is 1650. The molecular formula is C23H21Cl2F2N5O7S. The number of carbonyl (C=O) groups excluding carboxylic acids is 1. The number of nitrogens with one attached hydrogen (secondary N) is 2. The molecule has 0 bridgehead atoms. The molecule has 1 aliphatic rings. The zero-order valence-corrected chi connectivity index (χ0v) is 22.9. The van der Waals surface area contributed by atoms with E-state index in [1.807, 2.05) is 0 Å². The summed E-state index contributed by atoms with van der Waals surface area (Å²) in [6.45, 7) is -0.398. The molecule has 0 atom stereocenters. The summed E-state index contributed by atoms with van der Waals surface area (Å²) in [6, 6.07) is 3.23. The zero-order valence-electron chi connectivity index (χ0n) is 20.6. The molecule has 2 aromatic heterocycles. The molecule has 214 valence electrons. The van der Waals surface area contributed by atoms with Crippen LogP contribution in [-0.4, -0.2) is 47.6 Å². The molecule has 0 radical (unpaired) electrons. The van der Waals surface area contributed by atoms with Crippen molar-refractivity contribution in [2.75, 3.05) is 13.7 Å². The maximum atomic E-state index is 13.1. The summed E-state index contributed by atoms with van der Waals surface area (Å²) in [4.78, 5) is 41.2. The van der Waals surface area contributed by atoms with Crippen LogP contribution in [-0.2, 0) is 14.8 Å². The fourth-order valence-electron chi connectivity index (χ4n) is 3.77. The molecule has 4 rings (SSSR count). The van der Waals surface area contributed by atoms with Crippen molar-refractivity contribution < 1.29 is 31.5 Å². The van der Waals surface area contributed by atoms with E-state index in [-0.39, 0.29) is 49.7 Å². The molecule has 0 aliphatic heterocycles. The standard InChI is InChI=1S/C23H21Cl2F2N5O7S/c1-38-16-10-28-18(8-17(16)40(36,37)29-9-13(33)5-11-3-2-4-11)39-20-14(24)6-12(7-15(20)25)32-23(35)30-22(34)19(31-32)21(26)27/h6-8,10-11,21,29H,2-5,9H2,1H3,(H,30,34,35). The largest absolute Gasteiger partial charge is 0.494 e. The third kappa shape index (κ3) is 6.49. The van der Waals surface area contributed by atoms with Crippen LogP contribution in [0.25, 0.3) is 5.69 Å². The molecule has 2 heterocycles. The summed E-state index contributed by atoms with van der Waals surface area (Å²) >= 11 is 12.5. The Morgan fingerprint density at radius 3 is 2.48 bits per heavy atom. The third-order valence-electron chi connectivity index (χ3n) is 6.01. The van der Waals surface area contributed by atoms with Crippen molar-refractivity contribution >= 4 is 39.0 Å². The van der Waals surface area contributed by atoms with Crippen LogP contribution in [0.15, 0.2) is 38.9 Å². The van der Waals surface area contributed by atoms with Crippen LogP contribution in [0.2, 0.25) is 10.0 Å². The van der Waals surface area contributed by atoms with E-state index < -0.39 is 39.9 Å². The van der Waals surface area contributed by atoms with Gasteiger partial charge in [0.05, 0.1) is 35.6 Å². The van der Waals surface area contributed by atoms with E-state index in [0.29, 0.717) is 11.1 Å². The maximum absolute atomic E-state index is 13.1. The van der Waals surface area contributed by atoms with Crippen LogP contribution in [0.5, 0.6) is 17.4 Å². The number of pyridine rings is 1. The molecule has 0 amide bonds. The lowest BCUT2D eigenvalue weighted by Gasteiger charge is -2.24. The van der Waals surface area contributed by atoms with E-state index in [2.05, 4.69) is 14.8 Å². The molecule has 1 fully saturated rings. The monoisotopic (exact) mass is 619 g/mol. The number of halogens is 4. The first-order valence-electron chi connectivity index (χ1n) is 11.6. The van der Waals surface area contributed by atoms with Crippen LogP contribution in [0.4, 0.5) is 8.78 Å². The van der Waals surface area contributed by atoms with Crippen molar-refractivity contribution in [3.8, 4) is 23.1 Å². The zero-order chi connectivity index (χ0) is 29.2. The van der Waals surface area contributed by atoms with Crippen LogP contribution in [0, 0.1) is 5.92 Å². The average Bonchev–Trinajstić information content (AvgIpc) is 2.87. The maximum Gasteiger partial charge on any atom is 0.349 e. The first-order valence-corrected chi connectivity index (χ1v) is 13.9. The van der Waals surface area contributed by atoms with E-state index >= 15 is 0 Å².